The molecule has 0 aromatic rings. The number of rotatable bonds is 43. The lowest BCUT2D eigenvalue weighted by Gasteiger charge is -2.29. The van der Waals surface area contributed by atoms with Crippen LogP contribution in [-0.4, -0.2) is 49.3 Å². The third-order valence-electron chi connectivity index (χ3n) is 12.4. The van der Waals surface area contributed by atoms with Gasteiger partial charge in [-0.2, -0.15) is 0 Å². The Bertz CT molecular complexity index is 558. The van der Waals surface area contributed by atoms with Gasteiger partial charge in [0, 0.05) is 14.5 Å². The standard InChI is InChI=1S/C48H102P2/c1-7-13-19-25-28-36-44-50(45-37-29-26-20-14-8-2,46-38-30-27-21-15-9-3)48-40-32-31-39-47-49(41-33-22-16-10-4,42-34-23-17-11-5)43-35-24-18-12-6/h7-48H2,1-6H3/q+2. The van der Waals surface area contributed by atoms with Crippen molar-refractivity contribution in [2.45, 2.75) is 260 Å². The van der Waals surface area contributed by atoms with E-state index < -0.39 is 14.5 Å². The smallest absolute Gasteiger partial charge is 0.0594 e. The molecule has 0 heterocycles. The Kier molecular flexibility index (Phi) is 40.2. The minimum absolute atomic E-state index is 0.771. The molecule has 0 N–H and O–H groups in total. The molecule has 0 aromatic carbocycles. The Morgan fingerprint density at radius 3 is 0.440 bits per heavy atom. The molecule has 0 fully saturated rings. The van der Waals surface area contributed by atoms with Gasteiger partial charge in [0.1, 0.15) is 0 Å². The van der Waals surface area contributed by atoms with Crippen molar-refractivity contribution < 1.29 is 0 Å². The van der Waals surface area contributed by atoms with Crippen molar-refractivity contribution in [2.24, 2.45) is 0 Å². The van der Waals surface area contributed by atoms with Crippen LogP contribution in [-0.2, 0) is 0 Å². The maximum Gasteiger partial charge on any atom is 0.0594 e. The molecule has 302 valence electrons. The molecule has 0 atom stereocenters. The first-order valence-electron chi connectivity index (χ1n) is 24.3. The van der Waals surface area contributed by atoms with Crippen LogP contribution in [0, 0.1) is 0 Å². The molecule has 0 unspecified atom stereocenters. The fraction of sp³-hybridized carbons (Fsp3) is 1.00. The number of hydrogen-bond donors (Lipinski definition) is 0. The zero-order valence-electron chi connectivity index (χ0n) is 36.6. The molecular formula is C48H102P2+2. The van der Waals surface area contributed by atoms with Gasteiger partial charge in [0.05, 0.1) is 49.3 Å². The van der Waals surface area contributed by atoms with E-state index in [0.29, 0.717) is 0 Å². The third-order valence-corrected chi connectivity index (χ3v) is 22.6. The highest BCUT2D eigenvalue weighted by Crippen LogP contribution is 2.63. The molecule has 0 aromatic heterocycles. The summed E-state index contributed by atoms with van der Waals surface area (Å²) in [5.74, 6) is 0. The van der Waals surface area contributed by atoms with Gasteiger partial charge in [-0.1, -0.05) is 157 Å². The van der Waals surface area contributed by atoms with Crippen LogP contribution < -0.4 is 0 Å². The molecule has 2 heteroatoms. The van der Waals surface area contributed by atoms with Gasteiger partial charge >= 0.3 is 0 Å². The minimum Gasteiger partial charge on any atom is -0.0654 e. The molecule has 0 nitrogen and oxygen atoms in total. The van der Waals surface area contributed by atoms with Crippen LogP contribution in [0.25, 0.3) is 0 Å². The normalized spacial score (nSPS) is 12.4. The second-order valence-electron chi connectivity index (χ2n) is 17.4. The van der Waals surface area contributed by atoms with Crippen molar-refractivity contribution in [1.29, 1.82) is 0 Å². The predicted octanol–water partition coefficient (Wildman–Crippen LogP) is 18.4. The van der Waals surface area contributed by atoms with E-state index in [1.54, 1.807) is 114 Å². The van der Waals surface area contributed by atoms with Gasteiger partial charge in [-0.15, -0.1) is 0 Å². The Balaban J connectivity index is 5.42. The summed E-state index contributed by atoms with van der Waals surface area (Å²) in [5, 5.41) is 0. The molecule has 0 rings (SSSR count). The summed E-state index contributed by atoms with van der Waals surface area (Å²) in [6, 6.07) is 0. The van der Waals surface area contributed by atoms with Gasteiger partial charge in [0.2, 0.25) is 0 Å². The van der Waals surface area contributed by atoms with Crippen LogP contribution >= 0.6 is 14.5 Å². The minimum atomic E-state index is -0.802. The zero-order chi connectivity index (χ0) is 36.7. The van der Waals surface area contributed by atoms with Crippen LogP contribution in [0.3, 0.4) is 0 Å². The third kappa shape index (κ3) is 31.2. The van der Waals surface area contributed by atoms with Gasteiger partial charge in [-0.25, -0.2) is 0 Å². The topological polar surface area (TPSA) is 0 Å². The van der Waals surface area contributed by atoms with Crippen molar-refractivity contribution in [1.82, 2.24) is 0 Å². The fourth-order valence-electron chi connectivity index (χ4n) is 8.89. The lowest BCUT2D eigenvalue weighted by atomic mass is 10.1. The summed E-state index contributed by atoms with van der Waals surface area (Å²) in [6.07, 6.45) is 63.9. The quantitative estimate of drug-likeness (QED) is 0.0431. The molecule has 0 bridgehead atoms. The summed E-state index contributed by atoms with van der Waals surface area (Å²) < 4.78 is 0. The summed E-state index contributed by atoms with van der Waals surface area (Å²) >= 11 is 0. The molecule has 0 spiro atoms. The average molecular weight is 741 g/mol. The Morgan fingerprint density at radius 2 is 0.280 bits per heavy atom. The summed E-state index contributed by atoms with van der Waals surface area (Å²) in [5.41, 5.74) is 0. The molecule has 0 amide bonds. The van der Waals surface area contributed by atoms with Crippen molar-refractivity contribution in [3.05, 3.63) is 0 Å². The summed E-state index contributed by atoms with van der Waals surface area (Å²) in [7, 11) is -1.57. The van der Waals surface area contributed by atoms with Crippen molar-refractivity contribution in [2.75, 3.05) is 49.3 Å². The Labute approximate surface area is 322 Å². The first-order chi connectivity index (χ1) is 24.6. The van der Waals surface area contributed by atoms with Crippen molar-refractivity contribution in [3.8, 4) is 0 Å². The van der Waals surface area contributed by atoms with Gasteiger partial charge in [0.25, 0.3) is 0 Å². The van der Waals surface area contributed by atoms with Crippen LogP contribution in [0.15, 0.2) is 0 Å². The highest BCUT2D eigenvalue weighted by atomic mass is 31.2. The van der Waals surface area contributed by atoms with Crippen molar-refractivity contribution in [3.63, 3.8) is 0 Å². The van der Waals surface area contributed by atoms with Gasteiger partial charge < -0.3 is 0 Å². The van der Waals surface area contributed by atoms with Crippen molar-refractivity contribution >= 4 is 14.5 Å². The molecule has 0 saturated heterocycles. The lowest BCUT2D eigenvalue weighted by Crippen LogP contribution is -2.14. The second-order valence-corrected chi connectivity index (χ2v) is 26.3. The average Bonchev–Trinajstić information content (AvgIpc) is 3.13. The number of unbranched alkanes of at least 4 members (excludes halogenated alkanes) is 27. The van der Waals surface area contributed by atoms with Crippen LogP contribution in [0.2, 0.25) is 0 Å². The summed E-state index contributed by atoms with van der Waals surface area (Å²) in [6.45, 7) is 14.3. The van der Waals surface area contributed by atoms with E-state index in [-0.39, 0.29) is 0 Å². The first-order valence-corrected chi connectivity index (χ1v) is 29.3. The van der Waals surface area contributed by atoms with E-state index in [9.17, 15) is 0 Å². The largest absolute Gasteiger partial charge is 0.0654 e. The molecule has 50 heavy (non-hydrogen) atoms. The van der Waals surface area contributed by atoms with E-state index in [2.05, 4.69) is 41.5 Å². The molecule has 0 saturated carbocycles. The first kappa shape index (κ1) is 50.9. The molecule has 0 radical (unpaired) electrons. The van der Waals surface area contributed by atoms with Gasteiger partial charge in [-0.05, 0) is 103 Å². The molecule has 0 aliphatic carbocycles. The van der Waals surface area contributed by atoms with E-state index >= 15 is 0 Å². The Morgan fingerprint density at radius 1 is 0.160 bits per heavy atom. The van der Waals surface area contributed by atoms with Crippen LogP contribution in [0.4, 0.5) is 0 Å². The van der Waals surface area contributed by atoms with Crippen LogP contribution in [0.1, 0.15) is 260 Å². The zero-order valence-corrected chi connectivity index (χ0v) is 38.4. The van der Waals surface area contributed by atoms with Gasteiger partial charge in [0.15, 0.2) is 0 Å². The molecular weight excluding hydrogens is 638 g/mol. The highest BCUT2D eigenvalue weighted by Gasteiger charge is 2.36. The van der Waals surface area contributed by atoms with Crippen LogP contribution in [0.5, 0.6) is 0 Å². The fourth-order valence-corrected chi connectivity index (χ4v) is 18.7. The Hall–Kier alpha value is 0.860. The molecule has 0 aliphatic heterocycles. The highest BCUT2D eigenvalue weighted by molar-refractivity contribution is 7.76. The van der Waals surface area contributed by atoms with E-state index in [4.69, 9.17) is 0 Å². The summed E-state index contributed by atoms with van der Waals surface area (Å²) in [4.78, 5) is 0. The maximum atomic E-state index is 2.39. The second kappa shape index (κ2) is 39.6. The lowest BCUT2D eigenvalue weighted by molar-refractivity contribution is 0.614. The molecule has 0 aliphatic rings. The monoisotopic (exact) mass is 741 g/mol. The number of hydrogen-bond acceptors (Lipinski definition) is 0. The SMILES string of the molecule is CCCCCCCC[P+](CCCCCCCC)(CCCCCCCC)CCCCCC[P+](CCCCCC)(CCCCCC)CCCCCC. The maximum absolute atomic E-state index is 2.39. The van der Waals surface area contributed by atoms with E-state index in [1.807, 2.05) is 0 Å². The van der Waals surface area contributed by atoms with Gasteiger partial charge in [-0.3, -0.25) is 0 Å². The predicted molar refractivity (Wildman–Crippen MR) is 244 cm³/mol. The van der Waals surface area contributed by atoms with E-state index in [1.165, 1.54) is 154 Å². The van der Waals surface area contributed by atoms with E-state index in [0.717, 1.165) is 0 Å².